The van der Waals surface area contributed by atoms with Gasteiger partial charge in [-0.3, -0.25) is 9.89 Å². The Bertz CT molecular complexity index is 580. The number of nitrogens with one attached hydrogen (secondary N) is 2. The molecule has 0 bridgehead atoms. The highest BCUT2D eigenvalue weighted by atomic mass is 16.1. The summed E-state index contributed by atoms with van der Waals surface area (Å²) in [7, 11) is 0. The number of aryl methyl sites for hydroxylation is 1. The van der Waals surface area contributed by atoms with E-state index in [2.05, 4.69) is 60.6 Å². The lowest BCUT2D eigenvalue weighted by molar-refractivity contribution is -0.121. The van der Waals surface area contributed by atoms with Gasteiger partial charge in [-0.2, -0.15) is 5.10 Å². The summed E-state index contributed by atoms with van der Waals surface area (Å²) in [6, 6.07) is 10.5. The molecule has 0 unspecified atom stereocenters. The van der Waals surface area contributed by atoms with Crippen LogP contribution in [0.2, 0.25) is 0 Å². The molecule has 0 saturated heterocycles. The van der Waals surface area contributed by atoms with Crippen molar-refractivity contribution in [3.05, 3.63) is 53.3 Å². The molecule has 0 radical (unpaired) electrons. The van der Waals surface area contributed by atoms with Crippen LogP contribution in [0.1, 0.15) is 44.0 Å². The zero-order valence-corrected chi connectivity index (χ0v) is 13.6. The van der Waals surface area contributed by atoms with Crippen LogP contribution in [0.4, 0.5) is 0 Å². The largest absolute Gasteiger partial charge is 0.356 e. The van der Waals surface area contributed by atoms with E-state index in [0.717, 1.165) is 18.5 Å². The van der Waals surface area contributed by atoms with E-state index in [0.29, 0.717) is 13.0 Å². The van der Waals surface area contributed by atoms with Crippen molar-refractivity contribution in [2.75, 3.05) is 6.54 Å². The summed E-state index contributed by atoms with van der Waals surface area (Å²) in [6.45, 7) is 7.25. The molecule has 2 aromatic rings. The number of carbonyl (C=O) groups is 1. The van der Waals surface area contributed by atoms with Crippen molar-refractivity contribution in [1.29, 1.82) is 0 Å². The molecule has 4 nitrogen and oxygen atoms in total. The summed E-state index contributed by atoms with van der Waals surface area (Å²) >= 11 is 0. The number of rotatable bonds is 6. The highest BCUT2D eigenvalue weighted by molar-refractivity contribution is 5.76. The third-order valence-corrected chi connectivity index (χ3v) is 3.74. The molecule has 0 saturated carbocycles. The van der Waals surface area contributed by atoms with Gasteiger partial charge < -0.3 is 5.32 Å². The lowest BCUT2D eigenvalue weighted by Gasteiger charge is -2.19. The Balaban J connectivity index is 1.71. The molecule has 0 spiro atoms. The number of aromatic amines is 1. The number of hydrogen-bond acceptors (Lipinski definition) is 2. The smallest absolute Gasteiger partial charge is 0.220 e. The molecule has 0 aliphatic carbocycles. The summed E-state index contributed by atoms with van der Waals surface area (Å²) in [5, 5.41) is 9.71. The molecule has 0 aliphatic rings. The van der Waals surface area contributed by atoms with Gasteiger partial charge in [-0.1, -0.05) is 45.0 Å². The van der Waals surface area contributed by atoms with Gasteiger partial charge in [0.15, 0.2) is 0 Å². The Morgan fingerprint density at radius 3 is 2.45 bits per heavy atom. The minimum atomic E-state index is 0.0967. The molecule has 0 atom stereocenters. The van der Waals surface area contributed by atoms with Gasteiger partial charge >= 0.3 is 0 Å². The van der Waals surface area contributed by atoms with Gasteiger partial charge in [0.2, 0.25) is 5.91 Å². The first-order valence-electron chi connectivity index (χ1n) is 7.79. The van der Waals surface area contributed by atoms with E-state index < -0.39 is 0 Å². The monoisotopic (exact) mass is 299 g/mol. The van der Waals surface area contributed by atoms with Crippen LogP contribution in [-0.4, -0.2) is 22.6 Å². The second kappa shape index (κ2) is 7.25. The predicted octanol–water partition coefficient (Wildman–Crippen LogP) is 3.00. The molecule has 2 rings (SSSR count). The van der Waals surface area contributed by atoms with Crippen LogP contribution >= 0.6 is 0 Å². The van der Waals surface area contributed by atoms with Crippen molar-refractivity contribution in [2.24, 2.45) is 0 Å². The average Bonchev–Trinajstić information content (AvgIpc) is 2.98. The lowest BCUT2D eigenvalue weighted by atomic mass is 9.86. The Morgan fingerprint density at radius 2 is 1.86 bits per heavy atom. The molecule has 22 heavy (non-hydrogen) atoms. The van der Waals surface area contributed by atoms with Crippen molar-refractivity contribution in [3.8, 4) is 0 Å². The van der Waals surface area contributed by atoms with Gasteiger partial charge in [0.1, 0.15) is 0 Å². The lowest BCUT2D eigenvalue weighted by Crippen LogP contribution is -2.26. The van der Waals surface area contributed by atoms with Gasteiger partial charge in [-0.05, 0) is 29.0 Å². The van der Waals surface area contributed by atoms with Gasteiger partial charge in [-0.25, -0.2) is 0 Å². The molecule has 1 amide bonds. The fourth-order valence-electron chi connectivity index (χ4n) is 2.28. The van der Waals surface area contributed by atoms with Crippen LogP contribution < -0.4 is 5.32 Å². The third kappa shape index (κ3) is 5.02. The van der Waals surface area contributed by atoms with E-state index in [9.17, 15) is 4.79 Å². The van der Waals surface area contributed by atoms with E-state index in [1.165, 1.54) is 11.1 Å². The maximum absolute atomic E-state index is 11.8. The number of nitrogens with zero attached hydrogens (tertiary/aromatic N) is 1. The van der Waals surface area contributed by atoms with Gasteiger partial charge in [-0.15, -0.1) is 0 Å². The van der Waals surface area contributed by atoms with E-state index in [-0.39, 0.29) is 11.3 Å². The van der Waals surface area contributed by atoms with Crippen molar-refractivity contribution in [1.82, 2.24) is 15.5 Å². The standard InChI is InChI=1S/C18H25N3O/c1-18(2,3)15-7-4-14(5-8-15)6-9-17(22)19-12-10-16-11-13-20-21-16/h4-5,7-8,11,13H,6,9-10,12H2,1-3H3,(H,19,22)(H,20,21). The summed E-state index contributed by atoms with van der Waals surface area (Å²) in [6.07, 6.45) is 3.81. The number of benzene rings is 1. The van der Waals surface area contributed by atoms with Crippen molar-refractivity contribution in [2.45, 2.75) is 45.4 Å². The van der Waals surface area contributed by atoms with Crippen LogP contribution in [0, 0.1) is 0 Å². The fourth-order valence-corrected chi connectivity index (χ4v) is 2.28. The van der Waals surface area contributed by atoms with E-state index in [1.54, 1.807) is 6.20 Å². The highest BCUT2D eigenvalue weighted by Gasteiger charge is 2.12. The van der Waals surface area contributed by atoms with Crippen molar-refractivity contribution < 1.29 is 4.79 Å². The fraction of sp³-hybridized carbons (Fsp3) is 0.444. The Hall–Kier alpha value is -2.10. The number of hydrogen-bond donors (Lipinski definition) is 2. The molecule has 0 fully saturated rings. The van der Waals surface area contributed by atoms with Gasteiger partial charge in [0.05, 0.1) is 0 Å². The number of aromatic nitrogens is 2. The topological polar surface area (TPSA) is 57.8 Å². The van der Waals surface area contributed by atoms with Crippen LogP contribution in [0.25, 0.3) is 0 Å². The zero-order valence-electron chi connectivity index (χ0n) is 13.6. The normalized spacial score (nSPS) is 11.4. The zero-order chi connectivity index (χ0) is 16.0. The maximum atomic E-state index is 11.8. The Kier molecular flexibility index (Phi) is 5.36. The molecule has 1 aromatic heterocycles. The summed E-state index contributed by atoms with van der Waals surface area (Å²) < 4.78 is 0. The Labute approximate surface area is 132 Å². The molecule has 118 valence electrons. The quantitative estimate of drug-likeness (QED) is 0.861. The Morgan fingerprint density at radius 1 is 1.14 bits per heavy atom. The average molecular weight is 299 g/mol. The first kappa shape index (κ1) is 16.3. The molecule has 1 aromatic carbocycles. The van der Waals surface area contributed by atoms with Crippen LogP contribution in [0.15, 0.2) is 36.5 Å². The van der Waals surface area contributed by atoms with Crippen molar-refractivity contribution in [3.63, 3.8) is 0 Å². The molecule has 0 aliphatic heterocycles. The SMILES string of the molecule is CC(C)(C)c1ccc(CCC(=O)NCCc2ccn[nH]2)cc1. The molecular weight excluding hydrogens is 274 g/mol. The number of carbonyl (C=O) groups excluding carboxylic acids is 1. The number of amides is 1. The van der Waals surface area contributed by atoms with Gasteiger partial charge in [0, 0.05) is 31.3 Å². The maximum Gasteiger partial charge on any atom is 0.220 e. The van der Waals surface area contributed by atoms with Gasteiger partial charge in [0.25, 0.3) is 0 Å². The minimum absolute atomic E-state index is 0.0967. The number of H-pyrrole nitrogens is 1. The predicted molar refractivity (Wildman–Crippen MR) is 88.8 cm³/mol. The summed E-state index contributed by atoms with van der Waals surface area (Å²) in [5.74, 6) is 0.0967. The summed E-state index contributed by atoms with van der Waals surface area (Å²) in [4.78, 5) is 11.8. The van der Waals surface area contributed by atoms with Crippen molar-refractivity contribution >= 4 is 5.91 Å². The third-order valence-electron chi connectivity index (χ3n) is 3.74. The molecular formula is C18H25N3O. The molecule has 1 heterocycles. The molecule has 2 N–H and O–H groups in total. The van der Waals surface area contributed by atoms with Crippen LogP contribution in [-0.2, 0) is 23.1 Å². The summed E-state index contributed by atoms with van der Waals surface area (Å²) in [5.41, 5.74) is 3.73. The van der Waals surface area contributed by atoms with Crippen LogP contribution in [0.3, 0.4) is 0 Å². The van der Waals surface area contributed by atoms with E-state index in [4.69, 9.17) is 0 Å². The van der Waals surface area contributed by atoms with E-state index >= 15 is 0 Å². The van der Waals surface area contributed by atoms with E-state index in [1.807, 2.05) is 6.07 Å². The highest BCUT2D eigenvalue weighted by Crippen LogP contribution is 2.22. The minimum Gasteiger partial charge on any atom is -0.356 e. The first-order valence-corrected chi connectivity index (χ1v) is 7.79. The second-order valence-electron chi connectivity index (χ2n) is 6.63. The second-order valence-corrected chi connectivity index (χ2v) is 6.63. The van der Waals surface area contributed by atoms with Crippen LogP contribution in [0.5, 0.6) is 0 Å². The molecule has 4 heteroatoms. The first-order chi connectivity index (χ1) is 10.4.